The lowest BCUT2D eigenvalue weighted by Gasteiger charge is -2.19. The van der Waals surface area contributed by atoms with Crippen LogP contribution in [0.5, 0.6) is 11.6 Å². The Morgan fingerprint density at radius 1 is 0.926 bits per heavy atom. The lowest BCUT2D eigenvalue weighted by molar-refractivity contribution is 0.0993. The molecule has 138 valence electrons. The van der Waals surface area contributed by atoms with Gasteiger partial charge in [-0.15, -0.1) is 0 Å². The first-order chi connectivity index (χ1) is 12.8. The van der Waals surface area contributed by atoms with Gasteiger partial charge < -0.3 is 4.74 Å². The minimum atomic E-state index is 0.0863. The van der Waals surface area contributed by atoms with E-state index >= 15 is 0 Å². The van der Waals surface area contributed by atoms with Crippen LogP contribution in [0.15, 0.2) is 66.9 Å². The first kappa shape index (κ1) is 18.8. The van der Waals surface area contributed by atoms with Gasteiger partial charge in [0.15, 0.2) is 5.78 Å². The van der Waals surface area contributed by atoms with Crippen LogP contribution in [-0.2, 0) is 11.8 Å². The third kappa shape index (κ3) is 5.04. The summed E-state index contributed by atoms with van der Waals surface area (Å²) in [7, 11) is 0. The van der Waals surface area contributed by atoms with Crippen LogP contribution in [0.3, 0.4) is 0 Å². The topological polar surface area (TPSA) is 39.2 Å². The summed E-state index contributed by atoms with van der Waals surface area (Å²) in [6, 6.07) is 19.4. The van der Waals surface area contributed by atoms with Gasteiger partial charge in [0.2, 0.25) is 5.88 Å². The summed E-state index contributed by atoms with van der Waals surface area (Å²) >= 11 is 0. The lowest BCUT2D eigenvalue weighted by Crippen LogP contribution is -2.10. The molecule has 3 rings (SSSR count). The van der Waals surface area contributed by atoms with Crippen LogP contribution in [0.2, 0.25) is 0 Å². The van der Waals surface area contributed by atoms with Crippen molar-refractivity contribution < 1.29 is 9.53 Å². The number of Topliss-reactive ketones (excluding diaryl/α,β-unsaturated/α-hetero) is 1. The second kappa shape index (κ2) is 7.75. The summed E-state index contributed by atoms with van der Waals surface area (Å²) in [6.07, 6.45) is 2.03. The van der Waals surface area contributed by atoms with E-state index in [0.717, 1.165) is 22.4 Å². The SMILES string of the molecule is Cc1ccc(C(=O)Cc2ccc(Oc3ccc(C(C)(C)C)cc3)nc2)cc1. The van der Waals surface area contributed by atoms with Gasteiger partial charge in [0.1, 0.15) is 5.75 Å². The zero-order chi connectivity index (χ0) is 19.4. The van der Waals surface area contributed by atoms with Gasteiger partial charge in [0.25, 0.3) is 0 Å². The molecule has 0 radical (unpaired) electrons. The molecular formula is C24H25NO2. The summed E-state index contributed by atoms with van der Waals surface area (Å²) in [5.41, 5.74) is 4.11. The van der Waals surface area contributed by atoms with E-state index in [2.05, 4.69) is 37.9 Å². The van der Waals surface area contributed by atoms with Gasteiger partial charge in [0, 0.05) is 24.2 Å². The molecule has 0 unspecified atom stereocenters. The molecule has 0 N–H and O–H groups in total. The first-order valence-corrected chi connectivity index (χ1v) is 9.14. The fraction of sp³-hybridized carbons (Fsp3) is 0.250. The van der Waals surface area contributed by atoms with E-state index in [1.165, 1.54) is 5.56 Å². The Morgan fingerprint density at radius 2 is 1.59 bits per heavy atom. The van der Waals surface area contributed by atoms with E-state index in [9.17, 15) is 4.79 Å². The zero-order valence-electron chi connectivity index (χ0n) is 16.3. The maximum Gasteiger partial charge on any atom is 0.219 e. The van der Waals surface area contributed by atoms with E-state index in [1.807, 2.05) is 49.4 Å². The molecule has 0 aliphatic carbocycles. The normalized spacial score (nSPS) is 11.3. The molecule has 2 aromatic carbocycles. The lowest BCUT2D eigenvalue weighted by atomic mass is 9.87. The highest BCUT2D eigenvalue weighted by Gasteiger charge is 2.13. The monoisotopic (exact) mass is 359 g/mol. The van der Waals surface area contributed by atoms with Crippen molar-refractivity contribution >= 4 is 5.78 Å². The van der Waals surface area contributed by atoms with Gasteiger partial charge in [-0.2, -0.15) is 0 Å². The predicted molar refractivity (Wildman–Crippen MR) is 109 cm³/mol. The Hall–Kier alpha value is -2.94. The fourth-order valence-electron chi connectivity index (χ4n) is 2.75. The molecule has 3 nitrogen and oxygen atoms in total. The minimum absolute atomic E-state index is 0.0863. The van der Waals surface area contributed by atoms with Crippen molar-refractivity contribution in [2.24, 2.45) is 0 Å². The highest BCUT2D eigenvalue weighted by atomic mass is 16.5. The first-order valence-electron chi connectivity index (χ1n) is 9.14. The molecule has 0 atom stereocenters. The molecule has 0 amide bonds. The maximum atomic E-state index is 12.4. The van der Waals surface area contributed by atoms with Crippen molar-refractivity contribution in [3.63, 3.8) is 0 Å². The third-order valence-electron chi connectivity index (χ3n) is 4.48. The second-order valence-electron chi connectivity index (χ2n) is 7.85. The smallest absolute Gasteiger partial charge is 0.219 e. The summed E-state index contributed by atoms with van der Waals surface area (Å²) in [6.45, 7) is 8.55. The number of pyridine rings is 1. The minimum Gasteiger partial charge on any atom is -0.439 e. The summed E-state index contributed by atoms with van der Waals surface area (Å²) in [5, 5.41) is 0. The van der Waals surface area contributed by atoms with Crippen molar-refractivity contribution in [2.45, 2.75) is 39.5 Å². The number of carbonyl (C=O) groups excluding carboxylic acids is 1. The summed E-state index contributed by atoms with van der Waals surface area (Å²) in [5.74, 6) is 1.35. The molecule has 3 aromatic rings. The zero-order valence-corrected chi connectivity index (χ0v) is 16.3. The van der Waals surface area contributed by atoms with Crippen molar-refractivity contribution in [3.05, 3.63) is 89.1 Å². The number of aryl methyl sites for hydroxylation is 1. The van der Waals surface area contributed by atoms with Crippen LogP contribution in [0, 0.1) is 6.92 Å². The molecule has 0 aliphatic heterocycles. The van der Waals surface area contributed by atoms with E-state index in [0.29, 0.717) is 12.3 Å². The number of nitrogens with zero attached hydrogens (tertiary/aromatic N) is 1. The van der Waals surface area contributed by atoms with Crippen molar-refractivity contribution in [3.8, 4) is 11.6 Å². The van der Waals surface area contributed by atoms with Crippen LogP contribution in [-0.4, -0.2) is 10.8 Å². The van der Waals surface area contributed by atoms with Crippen molar-refractivity contribution in [2.75, 3.05) is 0 Å². The maximum absolute atomic E-state index is 12.4. The third-order valence-corrected chi connectivity index (χ3v) is 4.48. The second-order valence-corrected chi connectivity index (χ2v) is 7.85. The number of ether oxygens (including phenoxy) is 1. The van der Waals surface area contributed by atoms with Crippen LogP contribution in [0.1, 0.15) is 47.8 Å². The van der Waals surface area contributed by atoms with E-state index < -0.39 is 0 Å². The molecule has 0 bridgehead atoms. The van der Waals surface area contributed by atoms with Crippen molar-refractivity contribution in [1.82, 2.24) is 4.98 Å². The average Bonchev–Trinajstić information content (AvgIpc) is 2.63. The van der Waals surface area contributed by atoms with Gasteiger partial charge in [0.05, 0.1) is 0 Å². The molecule has 27 heavy (non-hydrogen) atoms. The van der Waals surface area contributed by atoms with Crippen LogP contribution < -0.4 is 4.74 Å². The van der Waals surface area contributed by atoms with E-state index in [-0.39, 0.29) is 11.2 Å². The molecule has 1 heterocycles. The molecule has 0 saturated carbocycles. The van der Waals surface area contributed by atoms with Gasteiger partial charge in [-0.05, 0) is 35.6 Å². The molecular weight excluding hydrogens is 334 g/mol. The Bertz CT molecular complexity index is 903. The largest absolute Gasteiger partial charge is 0.439 e. The number of aromatic nitrogens is 1. The molecule has 0 fully saturated rings. The quantitative estimate of drug-likeness (QED) is 0.532. The molecule has 3 heteroatoms. The van der Waals surface area contributed by atoms with E-state index in [4.69, 9.17) is 4.74 Å². The number of hydrogen-bond acceptors (Lipinski definition) is 3. The van der Waals surface area contributed by atoms with Gasteiger partial charge in [-0.1, -0.05) is 68.8 Å². The standard InChI is InChI=1S/C24H25NO2/c1-17-5-8-19(9-6-17)22(26)15-18-7-14-23(25-16-18)27-21-12-10-20(11-13-21)24(2,3)4/h5-14,16H,15H2,1-4H3. The van der Waals surface area contributed by atoms with Crippen LogP contribution >= 0.6 is 0 Å². The number of hydrogen-bond donors (Lipinski definition) is 0. The number of rotatable bonds is 5. The number of carbonyl (C=O) groups is 1. The van der Waals surface area contributed by atoms with Crippen LogP contribution in [0.25, 0.3) is 0 Å². The Morgan fingerprint density at radius 3 is 2.15 bits per heavy atom. The molecule has 0 spiro atoms. The summed E-state index contributed by atoms with van der Waals surface area (Å²) < 4.78 is 5.81. The molecule has 0 saturated heterocycles. The van der Waals surface area contributed by atoms with Crippen LogP contribution in [0.4, 0.5) is 0 Å². The van der Waals surface area contributed by atoms with Crippen molar-refractivity contribution in [1.29, 1.82) is 0 Å². The van der Waals surface area contributed by atoms with Gasteiger partial charge >= 0.3 is 0 Å². The Kier molecular flexibility index (Phi) is 5.41. The number of ketones is 1. The molecule has 1 aromatic heterocycles. The fourth-order valence-corrected chi connectivity index (χ4v) is 2.75. The van der Waals surface area contributed by atoms with Gasteiger partial charge in [-0.25, -0.2) is 4.98 Å². The highest BCUT2D eigenvalue weighted by Crippen LogP contribution is 2.26. The summed E-state index contributed by atoms with van der Waals surface area (Å²) in [4.78, 5) is 16.7. The van der Waals surface area contributed by atoms with E-state index in [1.54, 1.807) is 12.3 Å². The van der Waals surface area contributed by atoms with Gasteiger partial charge in [-0.3, -0.25) is 4.79 Å². The number of benzene rings is 2. The predicted octanol–water partition coefficient (Wildman–Crippen LogP) is 5.91. The molecule has 0 aliphatic rings. The average molecular weight is 359 g/mol. The highest BCUT2D eigenvalue weighted by molar-refractivity contribution is 5.97. The Balaban J connectivity index is 1.63. The Labute approximate surface area is 161 Å².